The summed E-state index contributed by atoms with van der Waals surface area (Å²) in [5, 5.41) is 9.33. The molecule has 0 fully saturated rings. The minimum atomic E-state index is -0.409. The van der Waals surface area contributed by atoms with Crippen LogP contribution in [0.1, 0.15) is 0 Å². The summed E-state index contributed by atoms with van der Waals surface area (Å²) >= 11 is 0. The molecule has 0 aliphatic heterocycles. The maximum atomic E-state index is 13.6. The number of methoxy groups -OCH3 is 1. The van der Waals surface area contributed by atoms with Gasteiger partial charge in [0.1, 0.15) is 17.2 Å². The second-order valence-corrected chi connectivity index (χ2v) is 4.94. The molecule has 0 aliphatic carbocycles. The van der Waals surface area contributed by atoms with Crippen molar-refractivity contribution in [1.82, 2.24) is 0 Å². The molecule has 4 heteroatoms. The Bertz CT molecular complexity index is 813. The summed E-state index contributed by atoms with van der Waals surface area (Å²) in [7, 11) is 1.43. The predicted octanol–water partition coefficient (Wildman–Crippen LogP) is 5.00. The molecular weight excluding hydrogens is 295 g/mol. The number of phenolic OH excluding ortho intramolecular Hbond substituents is 1. The van der Waals surface area contributed by atoms with Crippen LogP contribution in [0.4, 0.5) is 4.39 Å². The number of halogens is 1. The second-order valence-electron chi connectivity index (χ2n) is 4.94. The average molecular weight is 310 g/mol. The van der Waals surface area contributed by atoms with Crippen LogP contribution in [-0.4, -0.2) is 12.2 Å². The van der Waals surface area contributed by atoms with E-state index >= 15 is 0 Å². The lowest BCUT2D eigenvalue weighted by molar-refractivity contribution is 0.387. The van der Waals surface area contributed by atoms with E-state index in [2.05, 4.69) is 0 Å². The normalized spacial score (nSPS) is 10.3. The van der Waals surface area contributed by atoms with Gasteiger partial charge in [-0.05, 0) is 48.0 Å². The fourth-order valence-corrected chi connectivity index (χ4v) is 2.26. The second kappa shape index (κ2) is 6.40. The highest BCUT2D eigenvalue weighted by molar-refractivity contribution is 5.72. The van der Waals surface area contributed by atoms with Gasteiger partial charge in [-0.25, -0.2) is 4.39 Å². The van der Waals surface area contributed by atoms with E-state index in [9.17, 15) is 9.50 Å². The largest absolute Gasteiger partial charge is 0.508 e. The Morgan fingerprint density at radius 3 is 2.35 bits per heavy atom. The Labute approximate surface area is 133 Å². The molecule has 0 atom stereocenters. The van der Waals surface area contributed by atoms with Crippen LogP contribution in [0.3, 0.4) is 0 Å². The molecule has 0 amide bonds. The first-order chi connectivity index (χ1) is 11.2. The number of hydrogen-bond donors (Lipinski definition) is 1. The van der Waals surface area contributed by atoms with Crippen LogP contribution >= 0.6 is 0 Å². The maximum absolute atomic E-state index is 13.6. The third-order valence-electron chi connectivity index (χ3n) is 3.41. The monoisotopic (exact) mass is 310 g/mol. The quantitative estimate of drug-likeness (QED) is 0.737. The molecule has 0 bridgehead atoms. The van der Waals surface area contributed by atoms with E-state index in [0.29, 0.717) is 11.5 Å². The van der Waals surface area contributed by atoms with Crippen LogP contribution in [0.25, 0.3) is 11.1 Å². The van der Waals surface area contributed by atoms with Crippen molar-refractivity contribution in [2.75, 3.05) is 7.11 Å². The zero-order valence-electron chi connectivity index (χ0n) is 12.5. The summed E-state index contributed by atoms with van der Waals surface area (Å²) < 4.78 is 24.5. The third kappa shape index (κ3) is 3.26. The van der Waals surface area contributed by atoms with Gasteiger partial charge in [0.15, 0.2) is 11.6 Å². The summed E-state index contributed by atoms with van der Waals surface area (Å²) in [5.74, 6) is 1.18. The standard InChI is InChI=1S/C19H15FO3/c1-22-19-12-13(6-11-17(19)20)16-4-2-3-5-18(16)23-15-9-7-14(21)8-10-15/h2-12,21H,1H3. The molecule has 3 rings (SSSR count). The maximum Gasteiger partial charge on any atom is 0.165 e. The number of phenols is 1. The summed E-state index contributed by atoms with van der Waals surface area (Å²) in [6.07, 6.45) is 0. The molecule has 3 aromatic rings. The van der Waals surface area contributed by atoms with Crippen LogP contribution in [0.15, 0.2) is 66.7 Å². The Morgan fingerprint density at radius 2 is 1.61 bits per heavy atom. The van der Waals surface area contributed by atoms with Crippen molar-refractivity contribution in [1.29, 1.82) is 0 Å². The SMILES string of the molecule is COc1cc(-c2ccccc2Oc2ccc(O)cc2)ccc1F. The lowest BCUT2D eigenvalue weighted by atomic mass is 10.0. The number of para-hydroxylation sites is 1. The summed E-state index contributed by atoms with van der Waals surface area (Å²) in [5.41, 5.74) is 1.61. The molecule has 0 saturated heterocycles. The van der Waals surface area contributed by atoms with Gasteiger partial charge in [-0.2, -0.15) is 0 Å². The number of aromatic hydroxyl groups is 1. The summed E-state index contributed by atoms with van der Waals surface area (Å²) in [6, 6.07) is 18.6. The number of rotatable bonds is 4. The minimum absolute atomic E-state index is 0.175. The van der Waals surface area contributed by atoms with E-state index in [1.807, 2.05) is 24.3 Å². The van der Waals surface area contributed by atoms with Gasteiger partial charge in [0.25, 0.3) is 0 Å². The molecule has 0 aromatic heterocycles. The molecule has 0 unspecified atom stereocenters. The number of benzene rings is 3. The van der Waals surface area contributed by atoms with E-state index < -0.39 is 5.82 Å². The van der Waals surface area contributed by atoms with E-state index in [1.165, 1.54) is 13.2 Å². The van der Waals surface area contributed by atoms with Crippen molar-refractivity contribution in [2.24, 2.45) is 0 Å². The molecule has 0 spiro atoms. The number of hydrogen-bond acceptors (Lipinski definition) is 3. The first-order valence-corrected chi connectivity index (χ1v) is 7.07. The van der Waals surface area contributed by atoms with Crippen molar-refractivity contribution >= 4 is 0 Å². The molecule has 0 heterocycles. The molecule has 1 N–H and O–H groups in total. The van der Waals surface area contributed by atoms with E-state index in [-0.39, 0.29) is 11.5 Å². The first kappa shape index (κ1) is 14.9. The van der Waals surface area contributed by atoms with Gasteiger partial charge >= 0.3 is 0 Å². The van der Waals surface area contributed by atoms with Gasteiger partial charge in [0.2, 0.25) is 0 Å². The number of ether oxygens (including phenoxy) is 2. The molecule has 0 saturated carbocycles. The molecule has 3 nitrogen and oxygen atoms in total. The van der Waals surface area contributed by atoms with Crippen LogP contribution < -0.4 is 9.47 Å². The molecule has 0 aliphatic rings. The first-order valence-electron chi connectivity index (χ1n) is 7.07. The lowest BCUT2D eigenvalue weighted by Gasteiger charge is -2.12. The topological polar surface area (TPSA) is 38.7 Å². The van der Waals surface area contributed by atoms with Gasteiger partial charge in [0.05, 0.1) is 7.11 Å². The summed E-state index contributed by atoms with van der Waals surface area (Å²) in [4.78, 5) is 0. The van der Waals surface area contributed by atoms with Crippen LogP contribution in [0, 0.1) is 5.82 Å². The fourth-order valence-electron chi connectivity index (χ4n) is 2.26. The Balaban J connectivity index is 1.99. The molecule has 0 radical (unpaired) electrons. The lowest BCUT2D eigenvalue weighted by Crippen LogP contribution is -1.91. The molecule has 23 heavy (non-hydrogen) atoms. The van der Waals surface area contributed by atoms with Crippen molar-refractivity contribution in [2.45, 2.75) is 0 Å². The van der Waals surface area contributed by atoms with Crippen LogP contribution in [-0.2, 0) is 0 Å². The third-order valence-corrected chi connectivity index (χ3v) is 3.41. The highest BCUT2D eigenvalue weighted by Gasteiger charge is 2.10. The zero-order chi connectivity index (χ0) is 16.2. The highest BCUT2D eigenvalue weighted by Crippen LogP contribution is 2.35. The highest BCUT2D eigenvalue weighted by atomic mass is 19.1. The van der Waals surface area contributed by atoms with Crippen molar-refractivity contribution < 1.29 is 19.0 Å². The van der Waals surface area contributed by atoms with Gasteiger partial charge in [-0.1, -0.05) is 24.3 Å². The average Bonchev–Trinajstić information content (AvgIpc) is 2.58. The van der Waals surface area contributed by atoms with Gasteiger partial charge in [-0.3, -0.25) is 0 Å². The van der Waals surface area contributed by atoms with Crippen molar-refractivity contribution in [3.63, 3.8) is 0 Å². The van der Waals surface area contributed by atoms with Gasteiger partial charge in [0, 0.05) is 5.56 Å². The summed E-state index contributed by atoms with van der Waals surface area (Å²) in [6.45, 7) is 0. The predicted molar refractivity (Wildman–Crippen MR) is 86.6 cm³/mol. The van der Waals surface area contributed by atoms with E-state index in [4.69, 9.17) is 9.47 Å². The van der Waals surface area contributed by atoms with Crippen molar-refractivity contribution in [3.05, 3.63) is 72.5 Å². The minimum Gasteiger partial charge on any atom is -0.508 e. The fraction of sp³-hybridized carbons (Fsp3) is 0.0526. The Morgan fingerprint density at radius 1 is 0.870 bits per heavy atom. The smallest absolute Gasteiger partial charge is 0.165 e. The van der Waals surface area contributed by atoms with Crippen LogP contribution in [0.5, 0.6) is 23.0 Å². The zero-order valence-corrected chi connectivity index (χ0v) is 12.5. The van der Waals surface area contributed by atoms with Gasteiger partial charge in [-0.15, -0.1) is 0 Å². The molecule has 3 aromatic carbocycles. The Hall–Kier alpha value is -3.01. The van der Waals surface area contributed by atoms with E-state index in [0.717, 1.165) is 11.1 Å². The Kier molecular flexibility index (Phi) is 4.15. The van der Waals surface area contributed by atoms with E-state index in [1.54, 1.807) is 36.4 Å². The van der Waals surface area contributed by atoms with Gasteiger partial charge < -0.3 is 14.6 Å². The molecule has 116 valence electrons. The van der Waals surface area contributed by atoms with Crippen molar-refractivity contribution in [3.8, 4) is 34.1 Å². The van der Waals surface area contributed by atoms with Crippen LogP contribution in [0.2, 0.25) is 0 Å². The molecular formula is C19H15FO3.